The molecule has 0 spiro atoms. The molecule has 0 bridgehead atoms. The number of amides is 1. The van der Waals surface area contributed by atoms with Crippen LogP contribution in [0, 0.1) is 0 Å². The molecular weight excluding hydrogens is 404 g/mol. The van der Waals surface area contributed by atoms with E-state index in [0.29, 0.717) is 17.9 Å². The standard InChI is InChI=1S/C22H28N2O5S/c1-15(24(30(5,26)27)16-9-8-10-17(13-16)28-4)21(25)23-19-14-22(2,3)29-20-12-7-6-11-18(19)20/h6-13,15,19H,14H2,1-5H3,(H,23,25)/t15-,19+/m1/s1. The second-order valence-corrected chi connectivity index (χ2v) is 9.96. The van der Waals surface area contributed by atoms with Crippen molar-refractivity contribution in [3.63, 3.8) is 0 Å². The number of rotatable bonds is 6. The highest BCUT2D eigenvalue weighted by atomic mass is 32.2. The van der Waals surface area contributed by atoms with E-state index in [1.165, 1.54) is 7.11 Å². The molecule has 162 valence electrons. The maximum atomic E-state index is 13.2. The first-order valence-electron chi connectivity index (χ1n) is 9.73. The van der Waals surface area contributed by atoms with Crippen LogP contribution in [-0.2, 0) is 14.8 Å². The number of para-hydroxylation sites is 1. The molecule has 2 atom stereocenters. The van der Waals surface area contributed by atoms with Crippen LogP contribution < -0.4 is 19.1 Å². The van der Waals surface area contributed by atoms with Gasteiger partial charge in [0, 0.05) is 18.1 Å². The Hall–Kier alpha value is -2.74. The van der Waals surface area contributed by atoms with Crippen molar-refractivity contribution in [2.24, 2.45) is 0 Å². The van der Waals surface area contributed by atoms with Gasteiger partial charge in [-0.05, 0) is 39.0 Å². The summed E-state index contributed by atoms with van der Waals surface area (Å²) in [6.45, 7) is 5.50. The van der Waals surface area contributed by atoms with Crippen molar-refractivity contribution in [1.29, 1.82) is 0 Å². The van der Waals surface area contributed by atoms with Crippen LogP contribution in [0.2, 0.25) is 0 Å². The van der Waals surface area contributed by atoms with Gasteiger partial charge in [0.15, 0.2) is 0 Å². The summed E-state index contributed by atoms with van der Waals surface area (Å²) in [7, 11) is -2.21. The fourth-order valence-corrected chi connectivity index (χ4v) is 4.95. The maximum Gasteiger partial charge on any atom is 0.244 e. The van der Waals surface area contributed by atoms with E-state index in [0.717, 1.165) is 21.9 Å². The lowest BCUT2D eigenvalue weighted by atomic mass is 9.89. The lowest BCUT2D eigenvalue weighted by Gasteiger charge is -2.38. The minimum atomic E-state index is -3.72. The third kappa shape index (κ3) is 4.70. The number of benzene rings is 2. The molecule has 30 heavy (non-hydrogen) atoms. The van der Waals surface area contributed by atoms with E-state index >= 15 is 0 Å². The Balaban J connectivity index is 1.89. The molecule has 0 radical (unpaired) electrons. The first-order chi connectivity index (χ1) is 14.0. The molecule has 7 nitrogen and oxygen atoms in total. The molecule has 0 unspecified atom stereocenters. The quantitative estimate of drug-likeness (QED) is 0.757. The molecule has 0 saturated carbocycles. The zero-order valence-electron chi connectivity index (χ0n) is 17.9. The Morgan fingerprint density at radius 1 is 1.23 bits per heavy atom. The van der Waals surface area contributed by atoms with Crippen molar-refractivity contribution < 1.29 is 22.7 Å². The van der Waals surface area contributed by atoms with Crippen molar-refractivity contribution in [2.45, 2.75) is 44.9 Å². The molecule has 1 N–H and O–H groups in total. The fourth-order valence-electron chi connectivity index (χ4n) is 3.78. The van der Waals surface area contributed by atoms with Crippen LogP contribution in [0.3, 0.4) is 0 Å². The second-order valence-electron chi connectivity index (χ2n) is 8.10. The topological polar surface area (TPSA) is 84.9 Å². The molecule has 0 fully saturated rings. The van der Waals surface area contributed by atoms with Crippen LogP contribution in [0.5, 0.6) is 11.5 Å². The minimum Gasteiger partial charge on any atom is -0.497 e. The maximum absolute atomic E-state index is 13.2. The van der Waals surface area contributed by atoms with E-state index in [2.05, 4.69) is 5.32 Å². The highest BCUT2D eigenvalue weighted by Crippen LogP contribution is 2.39. The van der Waals surface area contributed by atoms with Crippen molar-refractivity contribution in [1.82, 2.24) is 5.32 Å². The highest BCUT2D eigenvalue weighted by molar-refractivity contribution is 7.92. The Labute approximate surface area is 178 Å². The van der Waals surface area contributed by atoms with Crippen LogP contribution in [-0.4, -0.2) is 39.3 Å². The monoisotopic (exact) mass is 432 g/mol. The number of fused-ring (bicyclic) bond motifs is 1. The lowest BCUT2D eigenvalue weighted by molar-refractivity contribution is -0.123. The largest absolute Gasteiger partial charge is 0.497 e. The first-order valence-corrected chi connectivity index (χ1v) is 11.6. The predicted octanol–water partition coefficient (Wildman–Crippen LogP) is 3.27. The zero-order valence-corrected chi connectivity index (χ0v) is 18.7. The van der Waals surface area contributed by atoms with E-state index in [-0.39, 0.29) is 11.9 Å². The molecule has 0 aromatic heterocycles. The summed E-state index contributed by atoms with van der Waals surface area (Å²) >= 11 is 0. The molecule has 3 rings (SSSR count). The second kappa shape index (κ2) is 8.18. The van der Waals surface area contributed by atoms with Gasteiger partial charge in [-0.3, -0.25) is 9.10 Å². The van der Waals surface area contributed by atoms with E-state index in [4.69, 9.17) is 9.47 Å². The summed E-state index contributed by atoms with van der Waals surface area (Å²) in [6.07, 6.45) is 1.66. The van der Waals surface area contributed by atoms with E-state index in [1.54, 1.807) is 31.2 Å². The van der Waals surface area contributed by atoms with Gasteiger partial charge in [-0.2, -0.15) is 0 Å². The van der Waals surface area contributed by atoms with E-state index in [9.17, 15) is 13.2 Å². The van der Waals surface area contributed by atoms with E-state index in [1.807, 2.05) is 38.1 Å². The third-order valence-corrected chi connectivity index (χ3v) is 6.33. The summed E-state index contributed by atoms with van der Waals surface area (Å²) in [4.78, 5) is 13.2. The number of carbonyl (C=O) groups is 1. The number of hydrogen-bond donors (Lipinski definition) is 1. The fraction of sp³-hybridized carbons (Fsp3) is 0.409. The van der Waals surface area contributed by atoms with Gasteiger partial charge in [-0.25, -0.2) is 8.42 Å². The summed E-state index contributed by atoms with van der Waals surface area (Å²) in [5.41, 5.74) is 0.788. The molecule has 1 aliphatic rings. The minimum absolute atomic E-state index is 0.286. The third-order valence-electron chi connectivity index (χ3n) is 5.09. The SMILES string of the molecule is COc1cccc(N([C@H](C)C(=O)N[C@H]2CC(C)(C)Oc3ccccc32)S(C)(=O)=O)c1. The van der Waals surface area contributed by atoms with Gasteiger partial charge in [-0.15, -0.1) is 0 Å². The zero-order chi connectivity index (χ0) is 22.1. The van der Waals surface area contributed by atoms with Gasteiger partial charge in [0.25, 0.3) is 0 Å². The normalized spacial score (nSPS) is 18.5. The number of carbonyl (C=O) groups excluding carboxylic acids is 1. The van der Waals surface area contributed by atoms with Gasteiger partial charge in [0.2, 0.25) is 15.9 Å². The summed E-state index contributed by atoms with van der Waals surface area (Å²) in [6, 6.07) is 13.0. The number of sulfonamides is 1. The lowest BCUT2D eigenvalue weighted by Crippen LogP contribution is -2.50. The van der Waals surface area contributed by atoms with Crippen molar-refractivity contribution in [3.8, 4) is 11.5 Å². The average Bonchev–Trinajstić information content (AvgIpc) is 2.66. The van der Waals surface area contributed by atoms with E-state index < -0.39 is 21.7 Å². The number of nitrogens with zero attached hydrogens (tertiary/aromatic N) is 1. The number of ether oxygens (including phenoxy) is 2. The summed E-state index contributed by atoms with van der Waals surface area (Å²) < 4.78 is 37.4. The Bertz CT molecular complexity index is 1040. The van der Waals surface area contributed by atoms with Crippen LogP contribution >= 0.6 is 0 Å². The molecule has 0 saturated heterocycles. The number of nitrogens with one attached hydrogen (secondary N) is 1. The average molecular weight is 433 g/mol. The molecule has 2 aromatic rings. The Morgan fingerprint density at radius 3 is 2.60 bits per heavy atom. The van der Waals surface area contributed by atoms with Gasteiger partial charge >= 0.3 is 0 Å². The Morgan fingerprint density at radius 2 is 1.93 bits per heavy atom. The Kier molecular flexibility index (Phi) is 5.99. The molecule has 2 aromatic carbocycles. The van der Waals surface area contributed by atoms with Crippen molar-refractivity contribution in [2.75, 3.05) is 17.7 Å². The van der Waals surface area contributed by atoms with Crippen LogP contribution in [0.15, 0.2) is 48.5 Å². The number of hydrogen-bond acceptors (Lipinski definition) is 5. The predicted molar refractivity (Wildman–Crippen MR) is 116 cm³/mol. The number of methoxy groups -OCH3 is 1. The van der Waals surface area contributed by atoms with Crippen molar-refractivity contribution in [3.05, 3.63) is 54.1 Å². The van der Waals surface area contributed by atoms with Crippen LogP contribution in [0.1, 0.15) is 38.8 Å². The molecule has 1 aliphatic heterocycles. The molecule has 1 heterocycles. The molecule has 8 heteroatoms. The summed E-state index contributed by atoms with van der Waals surface area (Å²) in [5, 5.41) is 3.03. The summed E-state index contributed by atoms with van der Waals surface area (Å²) in [5.74, 6) is 0.842. The van der Waals surface area contributed by atoms with Crippen molar-refractivity contribution >= 4 is 21.6 Å². The smallest absolute Gasteiger partial charge is 0.244 e. The molecule has 0 aliphatic carbocycles. The van der Waals surface area contributed by atoms with Gasteiger partial charge in [-0.1, -0.05) is 24.3 Å². The van der Waals surface area contributed by atoms with Crippen LogP contribution in [0.4, 0.5) is 5.69 Å². The number of anilines is 1. The van der Waals surface area contributed by atoms with Gasteiger partial charge < -0.3 is 14.8 Å². The first kappa shape index (κ1) is 22.0. The van der Waals surface area contributed by atoms with Gasteiger partial charge in [0.05, 0.1) is 25.1 Å². The van der Waals surface area contributed by atoms with Crippen LogP contribution in [0.25, 0.3) is 0 Å². The molecular formula is C22H28N2O5S. The molecule has 1 amide bonds. The highest BCUT2D eigenvalue weighted by Gasteiger charge is 2.36. The van der Waals surface area contributed by atoms with Gasteiger partial charge in [0.1, 0.15) is 23.1 Å².